The van der Waals surface area contributed by atoms with E-state index in [9.17, 15) is 5.11 Å². The van der Waals surface area contributed by atoms with Crippen LogP contribution in [0.3, 0.4) is 0 Å². The summed E-state index contributed by atoms with van der Waals surface area (Å²) in [6.07, 6.45) is 2.24. The Kier molecular flexibility index (Phi) is 3.51. The van der Waals surface area contributed by atoms with Crippen molar-refractivity contribution >= 4 is 10.9 Å². The highest BCUT2D eigenvalue weighted by Crippen LogP contribution is 2.18. The number of nitriles is 1. The Bertz CT molecular complexity index is 622. The molecule has 19 heavy (non-hydrogen) atoms. The Morgan fingerprint density at radius 3 is 2.89 bits per heavy atom. The second-order valence-electron chi connectivity index (χ2n) is 5.22. The van der Waals surface area contributed by atoms with Crippen molar-refractivity contribution in [2.75, 3.05) is 0 Å². The van der Waals surface area contributed by atoms with Crippen LogP contribution in [-0.4, -0.2) is 31.8 Å². The molecule has 0 amide bonds. The van der Waals surface area contributed by atoms with Gasteiger partial charge in [0.25, 0.3) is 0 Å². The summed E-state index contributed by atoms with van der Waals surface area (Å²) in [5.74, 6) is 0. The van der Waals surface area contributed by atoms with Gasteiger partial charge in [0.2, 0.25) is 0 Å². The standard InChI is InChI=1S/C13H16N4O2/c1-13(2,3)19-12(18)8-17-11-7-15-5-4-9(11)10(6-14)16-17/h4-5,7,12,18H,8H2,1-3H3. The summed E-state index contributed by atoms with van der Waals surface area (Å²) in [5, 5.41) is 23.8. The van der Waals surface area contributed by atoms with Crippen molar-refractivity contribution in [3.05, 3.63) is 24.2 Å². The predicted molar refractivity (Wildman–Crippen MR) is 69.1 cm³/mol. The molecule has 2 rings (SSSR count). The summed E-state index contributed by atoms with van der Waals surface area (Å²) >= 11 is 0. The quantitative estimate of drug-likeness (QED) is 0.844. The van der Waals surface area contributed by atoms with Crippen LogP contribution >= 0.6 is 0 Å². The molecule has 2 aromatic rings. The minimum absolute atomic E-state index is 0.154. The van der Waals surface area contributed by atoms with E-state index in [0.717, 1.165) is 5.39 Å². The van der Waals surface area contributed by atoms with Gasteiger partial charge in [0.15, 0.2) is 12.0 Å². The molecule has 0 saturated heterocycles. The predicted octanol–water partition coefficient (Wildman–Crippen LogP) is 1.44. The average Bonchev–Trinajstić information content (AvgIpc) is 2.65. The van der Waals surface area contributed by atoms with Crippen LogP contribution in [-0.2, 0) is 11.3 Å². The molecule has 1 atom stereocenters. The van der Waals surface area contributed by atoms with Gasteiger partial charge in [-0.1, -0.05) is 0 Å². The summed E-state index contributed by atoms with van der Waals surface area (Å²) in [4.78, 5) is 4.01. The Morgan fingerprint density at radius 2 is 2.26 bits per heavy atom. The Labute approximate surface area is 111 Å². The normalized spacial score (nSPS) is 13.4. The maximum absolute atomic E-state index is 9.89. The molecule has 0 aliphatic carbocycles. The highest BCUT2D eigenvalue weighted by atomic mass is 16.6. The van der Waals surface area contributed by atoms with E-state index in [0.29, 0.717) is 11.2 Å². The van der Waals surface area contributed by atoms with E-state index in [4.69, 9.17) is 10.00 Å². The molecule has 0 bridgehead atoms. The van der Waals surface area contributed by atoms with Crippen LogP contribution in [0.2, 0.25) is 0 Å². The topological polar surface area (TPSA) is 84.0 Å². The number of aliphatic hydroxyl groups is 1. The number of nitrogens with zero attached hydrogens (tertiary/aromatic N) is 4. The maximum Gasteiger partial charge on any atom is 0.174 e. The van der Waals surface area contributed by atoms with Crippen molar-refractivity contribution in [2.45, 2.75) is 39.2 Å². The highest BCUT2D eigenvalue weighted by Gasteiger charge is 2.19. The number of hydrogen-bond donors (Lipinski definition) is 1. The number of rotatable bonds is 3. The summed E-state index contributed by atoms with van der Waals surface area (Å²) in [6.45, 7) is 5.74. The van der Waals surface area contributed by atoms with Gasteiger partial charge in [-0.05, 0) is 26.8 Å². The lowest BCUT2D eigenvalue weighted by Gasteiger charge is -2.23. The molecule has 2 heterocycles. The van der Waals surface area contributed by atoms with E-state index in [1.807, 2.05) is 26.8 Å². The number of hydrogen-bond acceptors (Lipinski definition) is 5. The molecule has 0 aromatic carbocycles. The van der Waals surface area contributed by atoms with Gasteiger partial charge in [-0.25, -0.2) is 0 Å². The van der Waals surface area contributed by atoms with E-state index in [1.54, 1.807) is 18.5 Å². The van der Waals surface area contributed by atoms with Gasteiger partial charge in [-0.15, -0.1) is 0 Å². The molecule has 0 radical (unpaired) electrons. The van der Waals surface area contributed by atoms with Crippen molar-refractivity contribution in [3.63, 3.8) is 0 Å². The van der Waals surface area contributed by atoms with E-state index in [2.05, 4.69) is 10.1 Å². The fourth-order valence-electron chi connectivity index (χ4n) is 1.84. The van der Waals surface area contributed by atoms with Crippen LogP contribution in [0.25, 0.3) is 10.9 Å². The van der Waals surface area contributed by atoms with Crippen LogP contribution in [0, 0.1) is 11.3 Å². The zero-order chi connectivity index (χ0) is 14.0. The van der Waals surface area contributed by atoms with Gasteiger partial charge in [-0.2, -0.15) is 10.4 Å². The first-order valence-corrected chi connectivity index (χ1v) is 5.97. The van der Waals surface area contributed by atoms with Crippen LogP contribution in [0.1, 0.15) is 26.5 Å². The molecular weight excluding hydrogens is 244 g/mol. The maximum atomic E-state index is 9.89. The molecule has 0 fully saturated rings. The number of pyridine rings is 1. The van der Waals surface area contributed by atoms with Crippen LogP contribution in [0.4, 0.5) is 0 Å². The highest BCUT2D eigenvalue weighted by molar-refractivity contribution is 5.83. The van der Waals surface area contributed by atoms with Crippen molar-refractivity contribution in [3.8, 4) is 6.07 Å². The van der Waals surface area contributed by atoms with Gasteiger partial charge < -0.3 is 9.84 Å². The molecule has 0 spiro atoms. The smallest absolute Gasteiger partial charge is 0.174 e. The second kappa shape index (κ2) is 4.96. The summed E-state index contributed by atoms with van der Waals surface area (Å²) < 4.78 is 6.96. The average molecular weight is 260 g/mol. The van der Waals surface area contributed by atoms with Crippen molar-refractivity contribution in [2.24, 2.45) is 0 Å². The largest absolute Gasteiger partial charge is 0.366 e. The van der Waals surface area contributed by atoms with E-state index >= 15 is 0 Å². The van der Waals surface area contributed by atoms with Crippen molar-refractivity contribution in [1.29, 1.82) is 5.26 Å². The van der Waals surface area contributed by atoms with Crippen molar-refractivity contribution in [1.82, 2.24) is 14.8 Å². The molecular formula is C13H16N4O2. The van der Waals surface area contributed by atoms with Crippen LogP contribution in [0.15, 0.2) is 18.5 Å². The first kappa shape index (κ1) is 13.5. The minimum atomic E-state index is -0.991. The van der Waals surface area contributed by atoms with Crippen molar-refractivity contribution < 1.29 is 9.84 Å². The van der Waals surface area contributed by atoms with Crippen LogP contribution < -0.4 is 0 Å². The fourth-order valence-corrected chi connectivity index (χ4v) is 1.84. The van der Waals surface area contributed by atoms with E-state index in [1.165, 1.54) is 4.68 Å². The molecule has 6 nitrogen and oxygen atoms in total. The lowest BCUT2D eigenvalue weighted by molar-refractivity contribution is -0.172. The van der Waals surface area contributed by atoms with E-state index < -0.39 is 11.9 Å². The Hall–Kier alpha value is -1.97. The lowest BCUT2D eigenvalue weighted by atomic mass is 10.2. The number of aromatic nitrogens is 3. The van der Waals surface area contributed by atoms with E-state index in [-0.39, 0.29) is 6.54 Å². The third kappa shape index (κ3) is 3.08. The monoisotopic (exact) mass is 260 g/mol. The lowest BCUT2D eigenvalue weighted by Crippen LogP contribution is -2.30. The fraction of sp³-hybridized carbons (Fsp3) is 0.462. The Balaban J connectivity index is 2.29. The molecule has 1 unspecified atom stereocenters. The first-order chi connectivity index (χ1) is 8.90. The number of aliphatic hydroxyl groups excluding tert-OH is 1. The van der Waals surface area contributed by atoms with Crippen LogP contribution in [0.5, 0.6) is 0 Å². The second-order valence-corrected chi connectivity index (χ2v) is 5.22. The minimum Gasteiger partial charge on any atom is -0.366 e. The molecule has 0 aliphatic heterocycles. The summed E-state index contributed by atoms with van der Waals surface area (Å²) in [7, 11) is 0. The zero-order valence-electron chi connectivity index (χ0n) is 11.2. The van der Waals surface area contributed by atoms with Gasteiger partial charge in [0.1, 0.15) is 6.07 Å². The molecule has 1 N–H and O–H groups in total. The number of ether oxygens (including phenoxy) is 1. The third-order valence-electron chi connectivity index (χ3n) is 2.48. The molecule has 100 valence electrons. The first-order valence-electron chi connectivity index (χ1n) is 5.97. The van der Waals surface area contributed by atoms with Gasteiger partial charge in [0, 0.05) is 11.6 Å². The van der Waals surface area contributed by atoms with Gasteiger partial charge >= 0.3 is 0 Å². The molecule has 2 aromatic heterocycles. The third-order valence-corrected chi connectivity index (χ3v) is 2.48. The molecule has 0 aliphatic rings. The zero-order valence-corrected chi connectivity index (χ0v) is 11.2. The Morgan fingerprint density at radius 1 is 1.53 bits per heavy atom. The van der Waals surface area contributed by atoms with Gasteiger partial charge in [0.05, 0.1) is 23.9 Å². The summed E-state index contributed by atoms with van der Waals surface area (Å²) in [5.41, 5.74) is 0.578. The number of fused-ring (bicyclic) bond motifs is 1. The SMILES string of the molecule is CC(C)(C)OC(O)Cn1nc(C#N)c2ccncc21. The van der Waals surface area contributed by atoms with Gasteiger partial charge in [-0.3, -0.25) is 9.67 Å². The molecule has 0 saturated carbocycles. The molecule has 6 heteroatoms. The summed E-state index contributed by atoms with van der Waals surface area (Å²) in [6, 6.07) is 3.76.